The molecule has 0 bridgehead atoms. The van der Waals surface area contributed by atoms with Crippen LogP contribution in [0.4, 0.5) is 0 Å². The Labute approximate surface area is 465 Å². The molecule has 448 valence electrons. The minimum atomic E-state index is -4.88. The molecule has 1 rings (SSSR count). The van der Waals surface area contributed by atoms with Crippen LogP contribution in [0.15, 0.2) is 115 Å². The van der Waals surface area contributed by atoms with E-state index in [1.807, 2.05) is 0 Å². The summed E-state index contributed by atoms with van der Waals surface area (Å²) in [5, 5.41) is 0. The molecule has 0 unspecified atom stereocenters. The quantitative estimate of drug-likeness (QED) is 0.0182. The van der Waals surface area contributed by atoms with Crippen molar-refractivity contribution in [2.75, 3.05) is 106 Å². The van der Waals surface area contributed by atoms with Gasteiger partial charge in [-0.15, -0.1) is 18.1 Å². The summed E-state index contributed by atoms with van der Waals surface area (Å²) in [6, 6.07) is 0. The van der Waals surface area contributed by atoms with Gasteiger partial charge in [0.05, 0.1) is 52.9 Å². The highest BCUT2D eigenvalue weighted by Crippen LogP contribution is 2.81. The fourth-order valence-electron chi connectivity index (χ4n) is 4.52. The zero-order valence-corrected chi connectivity index (χ0v) is 49.9. The summed E-state index contributed by atoms with van der Waals surface area (Å²) in [5.74, 6) is -6.77. The highest BCUT2D eigenvalue weighted by Gasteiger charge is 2.44. The molecule has 1 heterocycles. The molecule has 0 N–H and O–H groups in total. The van der Waals surface area contributed by atoms with Gasteiger partial charge in [0.2, 0.25) is 0 Å². The van der Waals surface area contributed by atoms with Gasteiger partial charge >= 0.3 is 78.4 Å². The first-order valence-electron chi connectivity index (χ1n) is 23.8. The first-order valence-corrected chi connectivity index (χ1v) is 29.9. The number of ether oxygens (including phenoxy) is 8. The number of esters is 8. The largest absolute Gasteiger partial charge is 0.460 e. The van der Waals surface area contributed by atoms with Crippen LogP contribution < -0.4 is 0 Å². The molecule has 0 saturated carbocycles. The van der Waals surface area contributed by atoms with Gasteiger partial charge in [0.15, 0.2) is 0 Å². The Bertz CT molecular complexity index is 2120. The number of hydrogen-bond acceptors (Lipinski definition) is 28. The molecule has 0 saturated heterocycles. The standard InChI is InChI=1S/C48H72N4O24P4/c1-33(2)41(53)61-17-25-69-77(70-26-18-62-42(54)34(3)4)49-78(71-27-19-63-43(55)35(5)6,72-28-20-64-44(56)36(7)8)51-80(75-31-23-67-47(59)39(13)14,76-32-24-68-48(60)40(15)16)52-79(50-77,73-29-21-65-45(57)37(9)10)74-30-22-66-46(58)38(11)12/h1,3,5,7,9,11,13,15,17-32H2,2,4,6,8,10,12,14,16H3. The van der Waals surface area contributed by atoms with Gasteiger partial charge in [0, 0.05) is 44.6 Å². The molecule has 28 nitrogen and oxygen atoms in total. The third-order valence-electron chi connectivity index (χ3n) is 8.30. The third kappa shape index (κ3) is 28.1. The van der Waals surface area contributed by atoms with Gasteiger partial charge in [0.25, 0.3) is 0 Å². The van der Waals surface area contributed by atoms with Crippen molar-refractivity contribution in [1.82, 2.24) is 0 Å². The van der Waals surface area contributed by atoms with Crippen molar-refractivity contribution in [3.05, 3.63) is 97.2 Å². The Morgan fingerprint density at radius 3 is 0.412 bits per heavy atom. The lowest BCUT2D eigenvalue weighted by Gasteiger charge is -2.33. The second-order valence-corrected chi connectivity index (χ2v) is 25.2. The van der Waals surface area contributed by atoms with Gasteiger partial charge in [0.1, 0.15) is 52.9 Å². The second kappa shape index (κ2) is 36.6. The number of carbonyl (C=O) groups excluding carboxylic acids is 8. The number of carbonyl (C=O) groups is 8. The summed E-state index contributed by atoms with van der Waals surface area (Å²) in [6.45, 7) is 30.0. The van der Waals surface area contributed by atoms with E-state index >= 15 is 0 Å². The molecular weight excluding hydrogens is 1140 g/mol. The molecule has 0 atom stereocenters. The first kappa shape index (κ1) is 72.3. The predicted molar refractivity (Wildman–Crippen MR) is 291 cm³/mol. The second-order valence-electron chi connectivity index (χ2n) is 16.3. The molecule has 32 heteroatoms. The predicted octanol–water partition coefficient (Wildman–Crippen LogP) is 8.87. The molecule has 80 heavy (non-hydrogen) atoms. The lowest BCUT2D eigenvalue weighted by molar-refractivity contribution is -0.140. The average Bonchev–Trinajstić information content (AvgIpc) is 3.38. The van der Waals surface area contributed by atoms with Crippen molar-refractivity contribution < 1.29 is 112 Å². The van der Waals surface area contributed by atoms with Crippen molar-refractivity contribution in [3.8, 4) is 0 Å². The van der Waals surface area contributed by atoms with Crippen LogP contribution in [0.5, 0.6) is 0 Å². The number of rotatable bonds is 40. The van der Waals surface area contributed by atoms with E-state index in [9.17, 15) is 38.4 Å². The molecular formula is C48H72N4O24P4. The Morgan fingerprint density at radius 2 is 0.325 bits per heavy atom. The summed E-state index contributed by atoms with van der Waals surface area (Å²) in [4.78, 5) is 101. The SMILES string of the molecule is C=C(C)C(=O)OCCOP1(OCCOC(=O)C(=C)C)=NP(OCCOC(=O)C(=C)C)(OCCOC(=O)C(=C)C)=NP(OCCOC(=O)C(=C)C)(OCCOC(=O)C(=C)C)=NP(OCCOC(=O)C(=C)C)(OCCOC(=O)C(=C)C)=N1. The van der Waals surface area contributed by atoms with Gasteiger partial charge in [-0.2, -0.15) is 0 Å². The van der Waals surface area contributed by atoms with Gasteiger partial charge in [-0.1, -0.05) is 52.6 Å². The van der Waals surface area contributed by atoms with E-state index in [0.29, 0.717) is 0 Å². The van der Waals surface area contributed by atoms with Gasteiger partial charge in [-0.3, -0.25) is 0 Å². The molecule has 0 spiro atoms. The van der Waals surface area contributed by atoms with Crippen LogP contribution in [0.2, 0.25) is 0 Å². The molecule has 0 fully saturated rings. The van der Waals surface area contributed by atoms with Crippen molar-refractivity contribution in [2.24, 2.45) is 18.1 Å². The molecule has 0 aromatic carbocycles. The summed E-state index contributed by atoms with van der Waals surface area (Å²) in [7, 11) is -19.5. The van der Waals surface area contributed by atoms with E-state index in [2.05, 4.69) is 52.6 Å². The van der Waals surface area contributed by atoms with E-state index in [0.717, 1.165) is 0 Å². The van der Waals surface area contributed by atoms with Crippen molar-refractivity contribution in [3.63, 3.8) is 0 Å². The Kier molecular flexibility index (Phi) is 33.1. The zero-order valence-electron chi connectivity index (χ0n) is 46.3. The molecule has 0 amide bonds. The fourth-order valence-corrected chi connectivity index (χ4v) is 17.0. The monoisotopic (exact) mass is 1210 g/mol. The third-order valence-corrected chi connectivity index (χ3v) is 19.7. The Morgan fingerprint density at radius 1 is 0.225 bits per heavy atom. The van der Waals surface area contributed by atoms with Crippen LogP contribution in [0, 0.1) is 0 Å². The van der Waals surface area contributed by atoms with Crippen LogP contribution in [0.1, 0.15) is 55.4 Å². The van der Waals surface area contributed by atoms with Crippen molar-refractivity contribution in [2.45, 2.75) is 55.4 Å². The Balaban J connectivity index is 5.00. The van der Waals surface area contributed by atoms with E-state index < -0.39 is 184 Å². The highest BCUT2D eigenvalue weighted by atomic mass is 31.3. The normalized spacial score (nSPS) is 14.3. The van der Waals surface area contributed by atoms with Crippen LogP contribution in [0.25, 0.3) is 0 Å². The summed E-state index contributed by atoms with van der Waals surface area (Å²) in [6.07, 6.45) is 0. The molecule has 0 aromatic rings. The highest BCUT2D eigenvalue weighted by molar-refractivity contribution is 7.78. The van der Waals surface area contributed by atoms with Crippen LogP contribution in [-0.4, -0.2) is 153 Å². The van der Waals surface area contributed by atoms with Crippen molar-refractivity contribution in [1.29, 1.82) is 0 Å². The van der Waals surface area contributed by atoms with Crippen LogP contribution >= 0.6 is 30.6 Å². The first-order chi connectivity index (χ1) is 37.4. The van der Waals surface area contributed by atoms with E-state index in [4.69, 9.17) is 92.1 Å². The zero-order chi connectivity index (χ0) is 60.7. The van der Waals surface area contributed by atoms with Gasteiger partial charge < -0.3 is 74.1 Å². The van der Waals surface area contributed by atoms with Crippen LogP contribution in [-0.2, 0) is 112 Å². The van der Waals surface area contributed by atoms with Crippen LogP contribution in [0.3, 0.4) is 0 Å². The minimum absolute atomic E-state index is 0.00462. The summed E-state index contributed by atoms with van der Waals surface area (Å²) < 4.78 is 113. The maximum atomic E-state index is 12.6. The maximum Gasteiger partial charge on any atom is 0.349 e. The smallest absolute Gasteiger partial charge is 0.349 e. The molecule has 0 aromatic heterocycles. The summed E-state index contributed by atoms with van der Waals surface area (Å²) in [5.41, 5.74) is 0.0370. The lowest BCUT2D eigenvalue weighted by Crippen LogP contribution is -2.16. The molecule has 1 aliphatic rings. The van der Waals surface area contributed by atoms with Crippen molar-refractivity contribution >= 4 is 78.4 Å². The van der Waals surface area contributed by atoms with Gasteiger partial charge in [-0.05, 0) is 55.4 Å². The van der Waals surface area contributed by atoms with E-state index in [1.165, 1.54) is 55.4 Å². The number of hydrogen-bond donors (Lipinski definition) is 0. The topological polar surface area (TPSA) is 334 Å². The number of nitrogens with zero attached hydrogens (tertiary/aromatic N) is 4. The van der Waals surface area contributed by atoms with Gasteiger partial charge in [-0.25, -0.2) is 38.4 Å². The maximum absolute atomic E-state index is 12.6. The fraction of sp³-hybridized carbons (Fsp3) is 0.500. The van der Waals surface area contributed by atoms with E-state index in [1.54, 1.807) is 0 Å². The molecule has 1 aliphatic heterocycles. The Hall–Kier alpha value is -5.72. The van der Waals surface area contributed by atoms with E-state index in [-0.39, 0.29) is 44.6 Å². The molecule has 0 aliphatic carbocycles. The summed E-state index contributed by atoms with van der Waals surface area (Å²) >= 11 is 0. The molecule has 0 radical (unpaired) electrons. The minimum Gasteiger partial charge on any atom is -0.460 e. The average molecular weight is 1210 g/mol. The lowest BCUT2D eigenvalue weighted by atomic mass is 10.4.